The number of rotatable bonds is 5. The van der Waals surface area contributed by atoms with Gasteiger partial charge in [0.05, 0.1) is 6.42 Å². The standard InChI is InChI=1S/C15H20BrF2NO/c1-15(2,3)13(6-7-16)19-14(20)8-10-4-5-11(17)9-12(10)18/h4-5,9,13H,6-8H2,1-3H3,(H,19,20). The van der Waals surface area contributed by atoms with Crippen LogP contribution in [0.15, 0.2) is 18.2 Å². The summed E-state index contributed by atoms with van der Waals surface area (Å²) in [5.41, 5.74) is 0.125. The highest BCUT2D eigenvalue weighted by Crippen LogP contribution is 2.22. The van der Waals surface area contributed by atoms with Crippen molar-refractivity contribution >= 4 is 21.8 Å². The first-order chi connectivity index (χ1) is 9.24. The van der Waals surface area contributed by atoms with E-state index >= 15 is 0 Å². The van der Waals surface area contributed by atoms with Gasteiger partial charge >= 0.3 is 0 Å². The Kier molecular flexibility index (Phi) is 6.11. The third-order valence-corrected chi connectivity index (χ3v) is 3.60. The second kappa shape index (κ2) is 7.16. The van der Waals surface area contributed by atoms with Crippen LogP contribution in [0.4, 0.5) is 8.78 Å². The first-order valence-electron chi connectivity index (χ1n) is 6.53. The molecule has 112 valence electrons. The van der Waals surface area contributed by atoms with Crippen LogP contribution in [0.25, 0.3) is 0 Å². The Morgan fingerprint density at radius 3 is 2.50 bits per heavy atom. The predicted octanol–water partition coefficient (Wildman–Crippen LogP) is 3.82. The molecule has 1 N–H and O–H groups in total. The van der Waals surface area contributed by atoms with Crippen molar-refractivity contribution in [2.45, 2.75) is 39.7 Å². The number of halogens is 3. The monoisotopic (exact) mass is 347 g/mol. The molecule has 0 spiro atoms. The van der Waals surface area contributed by atoms with Gasteiger partial charge in [0.2, 0.25) is 5.91 Å². The molecule has 1 atom stereocenters. The lowest BCUT2D eigenvalue weighted by atomic mass is 9.85. The van der Waals surface area contributed by atoms with Gasteiger partial charge in [0, 0.05) is 17.4 Å². The smallest absolute Gasteiger partial charge is 0.224 e. The summed E-state index contributed by atoms with van der Waals surface area (Å²) in [6, 6.07) is 3.26. The molecule has 20 heavy (non-hydrogen) atoms. The molecule has 1 aromatic rings. The lowest BCUT2D eigenvalue weighted by Gasteiger charge is -2.31. The first-order valence-corrected chi connectivity index (χ1v) is 7.65. The van der Waals surface area contributed by atoms with Crippen LogP contribution in [0.5, 0.6) is 0 Å². The van der Waals surface area contributed by atoms with Crippen molar-refractivity contribution < 1.29 is 13.6 Å². The topological polar surface area (TPSA) is 29.1 Å². The van der Waals surface area contributed by atoms with E-state index in [-0.39, 0.29) is 29.3 Å². The summed E-state index contributed by atoms with van der Waals surface area (Å²) in [6.07, 6.45) is 0.710. The van der Waals surface area contributed by atoms with Gasteiger partial charge in [-0.3, -0.25) is 4.79 Å². The predicted molar refractivity (Wildman–Crippen MR) is 79.9 cm³/mol. The van der Waals surface area contributed by atoms with Crippen LogP contribution >= 0.6 is 15.9 Å². The molecule has 1 unspecified atom stereocenters. The molecule has 0 aliphatic carbocycles. The number of carbonyl (C=O) groups excluding carboxylic acids is 1. The maximum absolute atomic E-state index is 13.5. The second-order valence-corrected chi connectivity index (χ2v) is 6.67. The van der Waals surface area contributed by atoms with E-state index < -0.39 is 11.6 Å². The number of nitrogens with one attached hydrogen (secondary N) is 1. The van der Waals surface area contributed by atoms with E-state index in [9.17, 15) is 13.6 Å². The average Bonchev–Trinajstić information content (AvgIpc) is 2.31. The molecule has 1 amide bonds. The van der Waals surface area contributed by atoms with E-state index in [1.54, 1.807) is 0 Å². The highest BCUT2D eigenvalue weighted by atomic mass is 79.9. The van der Waals surface area contributed by atoms with Crippen LogP contribution in [-0.4, -0.2) is 17.3 Å². The van der Waals surface area contributed by atoms with Crippen molar-refractivity contribution in [1.29, 1.82) is 0 Å². The van der Waals surface area contributed by atoms with Gasteiger partial charge in [0.25, 0.3) is 0 Å². The molecule has 0 fully saturated rings. The van der Waals surface area contributed by atoms with E-state index in [4.69, 9.17) is 0 Å². The summed E-state index contributed by atoms with van der Waals surface area (Å²) < 4.78 is 26.3. The minimum absolute atomic E-state index is 0.00196. The zero-order valence-corrected chi connectivity index (χ0v) is 13.6. The van der Waals surface area contributed by atoms with Gasteiger partial charge in [-0.1, -0.05) is 42.8 Å². The molecule has 0 saturated heterocycles. The van der Waals surface area contributed by atoms with E-state index in [2.05, 4.69) is 21.2 Å². The first kappa shape index (κ1) is 17.1. The normalized spacial score (nSPS) is 13.1. The zero-order valence-electron chi connectivity index (χ0n) is 12.0. The van der Waals surface area contributed by atoms with Gasteiger partial charge in [-0.25, -0.2) is 8.78 Å². The molecular weight excluding hydrogens is 328 g/mol. The Balaban J connectivity index is 2.70. The van der Waals surface area contributed by atoms with Crippen molar-refractivity contribution in [2.75, 3.05) is 5.33 Å². The van der Waals surface area contributed by atoms with Gasteiger partial charge in [0.1, 0.15) is 11.6 Å². The molecule has 0 aromatic heterocycles. The lowest BCUT2D eigenvalue weighted by Crippen LogP contribution is -2.44. The SMILES string of the molecule is CC(C)(C)C(CCBr)NC(=O)Cc1ccc(F)cc1F. The van der Waals surface area contributed by atoms with Crippen molar-refractivity contribution in [3.05, 3.63) is 35.4 Å². The lowest BCUT2D eigenvalue weighted by molar-refractivity contribution is -0.122. The van der Waals surface area contributed by atoms with Gasteiger partial charge in [-0.2, -0.15) is 0 Å². The Bertz CT molecular complexity index is 471. The highest BCUT2D eigenvalue weighted by Gasteiger charge is 2.25. The fraction of sp³-hybridized carbons (Fsp3) is 0.533. The Hall–Kier alpha value is -0.970. The van der Waals surface area contributed by atoms with Crippen LogP contribution in [0.2, 0.25) is 0 Å². The maximum Gasteiger partial charge on any atom is 0.224 e. The third-order valence-electron chi connectivity index (χ3n) is 3.14. The highest BCUT2D eigenvalue weighted by molar-refractivity contribution is 9.09. The average molecular weight is 348 g/mol. The Labute approximate surface area is 127 Å². The maximum atomic E-state index is 13.5. The molecule has 0 saturated carbocycles. The third kappa shape index (κ3) is 5.19. The molecular formula is C15H20BrF2NO. The summed E-state index contributed by atoms with van der Waals surface area (Å²) >= 11 is 3.37. The van der Waals surface area contributed by atoms with Crippen LogP contribution < -0.4 is 5.32 Å². The van der Waals surface area contributed by atoms with Gasteiger partial charge in [0.15, 0.2) is 0 Å². The van der Waals surface area contributed by atoms with Gasteiger partial charge in [-0.05, 0) is 23.5 Å². The summed E-state index contributed by atoms with van der Waals surface area (Å²) in [7, 11) is 0. The van der Waals surface area contributed by atoms with Crippen LogP contribution in [0, 0.1) is 17.0 Å². The quantitative estimate of drug-likeness (QED) is 0.806. The van der Waals surface area contributed by atoms with Crippen LogP contribution in [-0.2, 0) is 11.2 Å². The van der Waals surface area contributed by atoms with Crippen molar-refractivity contribution in [1.82, 2.24) is 5.32 Å². The Morgan fingerprint density at radius 1 is 1.35 bits per heavy atom. The number of benzene rings is 1. The van der Waals surface area contributed by atoms with Crippen molar-refractivity contribution in [3.8, 4) is 0 Å². The van der Waals surface area contributed by atoms with E-state index in [0.717, 1.165) is 23.9 Å². The number of hydrogen-bond acceptors (Lipinski definition) is 1. The molecule has 2 nitrogen and oxygen atoms in total. The van der Waals surface area contributed by atoms with E-state index in [0.29, 0.717) is 0 Å². The van der Waals surface area contributed by atoms with E-state index in [1.807, 2.05) is 20.8 Å². The van der Waals surface area contributed by atoms with Gasteiger partial charge in [-0.15, -0.1) is 0 Å². The molecule has 5 heteroatoms. The van der Waals surface area contributed by atoms with Gasteiger partial charge < -0.3 is 5.32 Å². The van der Waals surface area contributed by atoms with Crippen LogP contribution in [0.3, 0.4) is 0 Å². The van der Waals surface area contributed by atoms with Crippen molar-refractivity contribution in [3.63, 3.8) is 0 Å². The minimum atomic E-state index is -0.687. The number of hydrogen-bond donors (Lipinski definition) is 1. The summed E-state index contributed by atoms with van der Waals surface area (Å²) in [5, 5.41) is 3.70. The molecule has 0 heterocycles. The molecule has 0 bridgehead atoms. The summed E-state index contributed by atoms with van der Waals surface area (Å²) in [4.78, 5) is 12.0. The number of amides is 1. The fourth-order valence-corrected chi connectivity index (χ4v) is 2.37. The second-order valence-electron chi connectivity index (χ2n) is 5.88. The van der Waals surface area contributed by atoms with Crippen LogP contribution in [0.1, 0.15) is 32.8 Å². The summed E-state index contributed by atoms with van der Waals surface area (Å²) in [6.45, 7) is 6.12. The molecule has 0 radical (unpaired) electrons. The molecule has 1 rings (SSSR count). The number of alkyl halides is 1. The summed E-state index contributed by atoms with van der Waals surface area (Å²) in [5.74, 6) is -1.58. The molecule has 1 aromatic carbocycles. The fourth-order valence-electron chi connectivity index (χ4n) is 1.91. The largest absolute Gasteiger partial charge is 0.353 e. The van der Waals surface area contributed by atoms with Crippen molar-refractivity contribution in [2.24, 2.45) is 5.41 Å². The molecule has 0 aliphatic heterocycles. The minimum Gasteiger partial charge on any atom is -0.353 e. The zero-order chi connectivity index (χ0) is 15.3. The Morgan fingerprint density at radius 2 is 2.00 bits per heavy atom. The molecule has 0 aliphatic rings. The van der Waals surface area contributed by atoms with E-state index in [1.165, 1.54) is 6.07 Å². The number of carbonyl (C=O) groups is 1.